The lowest BCUT2D eigenvalue weighted by Crippen LogP contribution is -1.76. The molecular formula is C2H4NO2S-. The monoisotopic (exact) mass is 106 g/mol. The Labute approximate surface area is 38.5 Å². The molecule has 0 heterocycles. The van der Waals surface area contributed by atoms with E-state index < -0.39 is 11.3 Å². The number of hydrogen-bond donors (Lipinski definition) is 0. The summed E-state index contributed by atoms with van der Waals surface area (Å²) >= 11 is -2.25. The Morgan fingerprint density at radius 1 is 2.00 bits per heavy atom. The quantitative estimate of drug-likeness (QED) is 0.345. The Kier molecular flexibility index (Phi) is 2.88. The fourth-order valence-electron chi connectivity index (χ4n) is 0.0861. The van der Waals surface area contributed by atoms with Gasteiger partial charge in [-0.05, 0) is 6.92 Å². The van der Waals surface area contributed by atoms with E-state index >= 15 is 0 Å². The molecule has 0 N–H and O–H groups in total. The Morgan fingerprint density at radius 3 is 2.50 bits per heavy atom. The van der Waals surface area contributed by atoms with Crippen LogP contribution in [0.5, 0.6) is 0 Å². The van der Waals surface area contributed by atoms with Crippen LogP contribution in [0, 0.1) is 0 Å². The highest BCUT2D eigenvalue weighted by atomic mass is 32.2. The Bertz CT molecular complexity index is 79.6. The zero-order valence-corrected chi connectivity index (χ0v) is 4.07. The van der Waals surface area contributed by atoms with Gasteiger partial charge in [0.2, 0.25) is 0 Å². The molecule has 0 radical (unpaired) electrons. The molecule has 36 valence electrons. The highest BCUT2D eigenvalue weighted by molar-refractivity contribution is 7.77. The molecule has 0 rings (SSSR count). The second kappa shape index (κ2) is 2.99. The maximum atomic E-state index is 9.40. The molecular weight excluding hydrogens is 102 g/mol. The van der Waals surface area contributed by atoms with Crippen molar-refractivity contribution in [1.29, 1.82) is 0 Å². The minimum Gasteiger partial charge on any atom is -0.754 e. The molecule has 4 heteroatoms. The summed E-state index contributed by atoms with van der Waals surface area (Å²) in [5, 5.41) is 0. The van der Waals surface area contributed by atoms with E-state index in [1.54, 1.807) is 0 Å². The zero-order chi connectivity index (χ0) is 4.99. The topological polar surface area (TPSA) is 52.5 Å². The van der Waals surface area contributed by atoms with Crippen LogP contribution in [0.1, 0.15) is 6.92 Å². The third-order valence-electron chi connectivity index (χ3n) is 0.191. The van der Waals surface area contributed by atoms with Gasteiger partial charge in [-0.2, -0.15) is 0 Å². The minimum absolute atomic E-state index is 1.21. The van der Waals surface area contributed by atoms with Gasteiger partial charge in [0, 0.05) is 6.21 Å². The van der Waals surface area contributed by atoms with Crippen molar-refractivity contribution in [2.45, 2.75) is 6.92 Å². The second-order valence-corrected chi connectivity index (χ2v) is 1.23. The molecule has 1 atom stereocenters. The summed E-state index contributed by atoms with van der Waals surface area (Å²) in [6.07, 6.45) is 1.21. The molecule has 0 aliphatic heterocycles. The van der Waals surface area contributed by atoms with Gasteiger partial charge in [0.25, 0.3) is 0 Å². The van der Waals surface area contributed by atoms with Crippen LogP contribution in [0.25, 0.3) is 0 Å². The van der Waals surface area contributed by atoms with Crippen LogP contribution in [0.2, 0.25) is 0 Å². The summed E-state index contributed by atoms with van der Waals surface area (Å²) in [5.74, 6) is 0. The molecule has 0 aromatic heterocycles. The lowest BCUT2D eigenvalue weighted by Gasteiger charge is -1.89. The highest BCUT2D eigenvalue weighted by Crippen LogP contribution is 1.67. The molecule has 3 nitrogen and oxygen atoms in total. The number of nitrogens with zero attached hydrogens (tertiary/aromatic N) is 1. The lowest BCUT2D eigenvalue weighted by molar-refractivity contribution is 0.539. The van der Waals surface area contributed by atoms with Crippen LogP contribution in [-0.4, -0.2) is 15.0 Å². The molecule has 0 aromatic rings. The molecule has 6 heavy (non-hydrogen) atoms. The SMILES string of the molecule is CC=NS(=O)[O-]. The second-order valence-electron chi connectivity index (χ2n) is 0.581. The van der Waals surface area contributed by atoms with Crippen LogP contribution in [-0.2, 0) is 11.3 Å². The smallest absolute Gasteiger partial charge is 0.0673 e. The van der Waals surface area contributed by atoms with Gasteiger partial charge in [-0.1, -0.05) is 0 Å². The van der Waals surface area contributed by atoms with Crippen molar-refractivity contribution in [3.05, 3.63) is 0 Å². The minimum atomic E-state index is -2.25. The first-order valence-corrected chi connectivity index (χ1v) is 2.38. The van der Waals surface area contributed by atoms with Crippen LogP contribution in [0.15, 0.2) is 4.40 Å². The normalized spacial score (nSPS) is 15.7. The Hall–Kier alpha value is -0.220. The predicted octanol–water partition coefficient (Wildman–Crippen LogP) is -0.129. The van der Waals surface area contributed by atoms with Gasteiger partial charge in [-0.15, -0.1) is 0 Å². The third kappa shape index (κ3) is 3.78. The summed E-state index contributed by atoms with van der Waals surface area (Å²) < 4.78 is 21.7. The summed E-state index contributed by atoms with van der Waals surface area (Å²) in [6.45, 7) is 1.54. The first-order chi connectivity index (χ1) is 2.77. The van der Waals surface area contributed by atoms with Crippen molar-refractivity contribution in [2.75, 3.05) is 0 Å². The van der Waals surface area contributed by atoms with E-state index in [1.807, 2.05) is 0 Å². The third-order valence-corrected chi connectivity index (χ3v) is 0.574. The summed E-state index contributed by atoms with van der Waals surface area (Å²) in [5.41, 5.74) is 0. The van der Waals surface area contributed by atoms with E-state index in [2.05, 4.69) is 4.40 Å². The Morgan fingerprint density at radius 2 is 2.50 bits per heavy atom. The molecule has 0 aromatic carbocycles. The van der Waals surface area contributed by atoms with Crippen molar-refractivity contribution >= 4 is 17.5 Å². The summed E-state index contributed by atoms with van der Waals surface area (Å²) in [6, 6.07) is 0. The van der Waals surface area contributed by atoms with E-state index in [-0.39, 0.29) is 0 Å². The van der Waals surface area contributed by atoms with Gasteiger partial charge in [0.1, 0.15) is 0 Å². The van der Waals surface area contributed by atoms with Gasteiger partial charge in [-0.3, -0.25) is 4.21 Å². The molecule has 0 saturated heterocycles. The van der Waals surface area contributed by atoms with Crippen molar-refractivity contribution in [3.8, 4) is 0 Å². The fourth-order valence-corrected chi connectivity index (χ4v) is 0.258. The molecule has 0 fully saturated rings. The first-order valence-electron chi connectivity index (χ1n) is 1.35. The molecule has 0 saturated carbocycles. The predicted molar refractivity (Wildman–Crippen MR) is 23.1 cm³/mol. The van der Waals surface area contributed by atoms with Crippen LogP contribution in [0.4, 0.5) is 0 Å². The Balaban J connectivity index is 3.30. The van der Waals surface area contributed by atoms with Gasteiger partial charge >= 0.3 is 0 Å². The van der Waals surface area contributed by atoms with Crippen LogP contribution in [0.3, 0.4) is 0 Å². The molecule has 1 unspecified atom stereocenters. The largest absolute Gasteiger partial charge is 0.754 e. The van der Waals surface area contributed by atoms with E-state index in [9.17, 15) is 8.76 Å². The van der Waals surface area contributed by atoms with Crippen molar-refractivity contribution in [3.63, 3.8) is 0 Å². The average Bonchev–Trinajstić information content (AvgIpc) is 1.35. The fraction of sp³-hybridized carbons (Fsp3) is 0.500. The van der Waals surface area contributed by atoms with E-state index in [0.717, 1.165) is 0 Å². The van der Waals surface area contributed by atoms with E-state index in [4.69, 9.17) is 0 Å². The summed E-state index contributed by atoms with van der Waals surface area (Å²) in [4.78, 5) is 0. The van der Waals surface area contributed by atoms with Crippen molar-refractivity contribution < 1.29 is 8.76 Å². The number of rotatable bonds is 1. The highest BCUT2D eigenvalue weighted by Gasteiger charge is 1.57. The van der Waals surface area contributed by atoms with E-state index in [0.29, 0.717) is 0 Å². The van der Waals surface area contributed by atoms with Crippen molar-refractivity contribution in [1.82, 2.24) is 0 Å². The maximum absolute atomic E-state index is 9.40. The van der Waals surface area contributed by atoms with Crippen LogP contribution >= 0.6 is 0 Å². The van der Waals surface area contributed by atoms with Gasteiger partial charge < -0.3 is 4.55 Å². The first kappa shape index (κ1) is 5.78. The molecule has 0 aliphatic carbocycles. The lowest BCUT2D eigenvalue weighted by atomic mass is 10.9. The van der Waals surface area contributed by atoms with Crippen molar-refractivity contribution in [2.24, 2.45) is 4.40 Å². The molecule has 0 amide bonds. The van der Waals surface area contributed by atoms with E-state index in [1.165, 1.54) is 13.1 Å². The molecule has 0 bridgehead atoms. The van der Waals surface area contributed by atoms with Gasteiger partial charge in [0.15, 0.2) is 0 Å². The van der Waals surface area contributed by atoms with Gasteiger partial charge in [0.05, 0.1) is 11.3 Å². The zero-order valence-electron chi connectivity index (χ0n) is 3.25. The summed E-state index contributed by atoms with van der Waals surface area (Å²) in [7, 11) is 0. The molecule has 0 spiro atoms. The molecule has 0 aliphatic rings. The standard InChI is InChI=1S/C2H5NO2S/c1-2-3-6(4)5/h2H,1H3,(H,4,5)/p-1. The number of hydrogen-bond acceptors (Lipinski definition) is 2. The van der Waals surface area contributed by atoms with Gasteiger partial charge in [-0.25, -0.2) is 4.40 Å². The average molecular weight is 106 g/mol. The van der Waals surface area contributed by atoms with Crippen LogP contribution < -0.4 is 0 Å². The maximum Gasteiger partial charge on any atom is 0.0673 e.